The Morgan fingerprint density at radius 3 is 2.30 bits per heavy atom. The molecule has 0 aliphatic rings. The summed E-state index contributed by atoms with van der Waals surface area (Å²) in [7, 11) is 0. The molecule has 0 saturated heterocycles. The van der Waals surface area contributed by atoms with E-state index in [2.05, 4.69) is 5.32 Å². The standard InChI is InChI=1S/C15H21NO4/c1-9-6-7-11(10(2)8-9)12(13(17)18)16-14(19)20-15(3,4)5/h6-8,12H,1-5H3,(H,16,19)(H,17,18). The van der Waals surface area contributed by atoms with Gasteiger partial charge >= 0.3 is 12.1 Å². The van der Waals surface area contributed by atoms with E-state index in [1.807, 2.05) is 26.0 Å². The summed E-state index contributed by atoms with van der Waals surface area (Å²) in [5, 5.41) is 11.7. The fourth-order valence-corrected chi connectivity index (χ4v) is 1.85. The Hall–Kier alpha value is -2.04. The number of ether oxygens (including phenoxy) is 1. The van der Waals surface area contributed by atoms with Crippen LogP contribution in [-0.4, -0.2) is 22.8 Å². The highest BCUT2D eigenvalue weighted by molar-refractivity contribution is 5.81. The molecule has 20 heavy (non-hydrogen) atoms. The summed E-state index contributed by atoms with van der Waals surface area (Å²) in [5.74, 6) is -1.12. The van der Waals surface area contributed by atoms with E-state index in [1.54, 1.807) is 26.8 Å². The quantitative estimate of drug-likeness (QED) is 0.892. The number of carbonyl (C=O) groups excluding carboxylic acids is 1. The second kappa shape index (κ2) is 5.94. The van der Waals surface area contributed by atoms with Gasteiger partial charge in [0.1, 0.15) is 5.60 Å². The smallest absolute Gasteiger partial charge is 0.408 e. The Morgan fingerprint density at radius 1 is 1.25 bits per heavy atom. The van der Waals surface area contributed by atoms with Crippen molar-refractivity contribution in [3.8, 4) is 0 Å². The monoisotopic (exact) mass is 279 g/mol. The van der Waals surface area contributed by atoms with E-state index in [9.17, 15) is 14.7 Å². The Morgan fingerprint density at radius 2 is 1.85 bits per heavy atom. The lowest BCUT2D eigenvalue weighted by molar-refractivity contribution is -0.139. The minimum atomic E-state index is -1.12. The minimum Gasteiger partial charge on any atom is -0.479 e. The number of rotatable bonds is 3. The van der Waals surface area contributed by atoms with Crippen molar-refractivity contribution in [1.29, 1.82) is 0 Å². The zero-order chi connectivity index (χ0) is 15.5. The van der Waals surface area contributed by atoms with Crippen LogP contribution in [0.15, 0.2) is 18.2 Å². The molecule has 110 valence electrons. The molecule has 1 amide bonds. The molecule has 0 radical (unpaired) electrons. The van der Waals surface area contributed by atoms with E-state index in [-0.39, 0.29) is 0 Å². The average Bonchev–Trinajstić information content (AvgIpc) is 2.23. The summed E-state index contributed by atoms with van der Waals surface area (Å²) in [6.45, 7) is 8.90. The van der Waals surface area contributed by atoms with Gasteiger partial charge in [0.2, 0.25) is 0 Å². The summed E-state index contributed by atoms with van der Waals surface area (Å²) >= 11 is 0. The highest BCUT2D eigenvalue weighted by Gasteiger charge is 2.26. The Balaban J connectivity index is 2.96. The molecule has 1 unspecified atom stereocenters. The van der Waals surface area contributed by atoms with Gasteiger partial charge in [-0.25, -0.2) is 9.59 Å². The van der Waals surface area contributed by atoms with Crippen LogP contribution in [0.5, 0.6) is 0 Å². The van der Waals surface area contributed by atoms with E-state index >= 15 is 0 Å². The van der Waals surface area contributed by atoms with Crippen LogP contribution >= 0.6 is 0 Å². The SMILES string of the molecule is Cc1ccc(C(NC(=O)OC(C)(C)C)C(=O)O)c(C)c1. The first-order valence-electron chi connectivity index (χ1n) is 6.39. The van der Waals surface area contributed by atoms with E-state index in [0.717, 1.165) is 11.1 Å². The predicted molar refractivity (Wildman–Crippen MR) is 75.7 cm³/mol. The molecule has 1 rings (SSSR count). The van der Waals surface area contributed by atoms with Gasteiger partial charge in [0.25, 0.3) is 0 Å². The normalized spacial score (nSPS) is 12.7. The van der Waals surface area contributed by atoms with Crippen LogP contribution < -0.4 is 5.32 Å². The average molecular weight is 279 g/mol. The maximum atomic E-state index is 11.7. The van der Waals surface area contributed by atoms with Crippen molar-refractivity contribution in [1.82, 2.24) is 5.32 Å². The number of aliphatic carboxylic acids is 1. The topological polar surface area (TPSA) is 75.6 Å². The molecule has 0 aromatic heterocycles. The van der Waals surface area contributed by atoms with Crippen LogP contribution in [0, 0.1) is 13.8 Å². The van der Waals surface area contributed by atoms with E-state index < -0.39 is 23.7 Å². The van der Waals surface area contributed by atoms with Crippen molar-refractivity contribution in [2.45, 2.75) is 46.3 Å². The molecule has 0 aliphatic carbocycles. The number of hydrogen-bond donors (Lipinski definition) is 2. The Bertz CT molecular complexity index is 517. The zero-order valence-electron chi connectivity index (χ0n) is 12.5. The van der Waals surface area contributed by atoms with Crippen molar-refractivity contribution >= 4 is 12.1 Å². The summed E-state index contributed by atoms with van der Waals surface area (Å²) in [4.78, 5) is 23.1. The maximum absolute atomic E-state index is 11.7. The number of carboxylic acid groups (broad SMARTS) is 1. The summed E-state index contributed by atoms with van der Waals surface area (Å²) in [6, 6.07) is 4.28. The fraction of sp³-hybridized carbons (Fsp3) is 0.467. The Labute approximate surface area is 118 Å². The Kier molecular flexibility index (Phi) is 4.76. The lowest BCUT2D eigenvalue weighted by Crippen LogP contribution is -2.38. The summed E-state index contributed by atoms with van der Waals surface area (Å²) in [6.07, 6.45) is -0.745. The molecule has 0 aliphatic heterocycles. The van der Waals surface area contributed by atoms with Crippen LogP contribution in [0.4, 0.5) is 4.79 Å². The largest absolute Gasteiger partial charge is 0.479 e. The molecule has 1 aromatic carbocycles. The van der Waals surface area contributed by atoms with Gasteiger partial charge in [-0.3, -0.25) is 0 Å². The van der Waals surface area contributed by atoms with Gasteiger partial charge in [0.05, 0.1) is 0 Å². The molecular weight excluding hydrogens is 258 g/mol. The van der Waals surface area contributed by atoms with Gasteiger partial charge in [0, 0.05) is 0 Å². The first-order chi connectivity index (χ1) is 9.10. The van der Waals surface area contributed by atoms with Gasteiger partial charge in [-0.15, -0.1) is 0 Å². The molecule has 5 heteroatoms. The van der Waals surface area contributed by atoms with Crippen LogP contribution in [-0.2, 0) is 9.53 Å². The second-order valence-corrected chi connectivity index (χ2v) is 5.78. The van der Waals surface area contributed by atoms with Crippen LogP contribution in [0.25, 0.3) is 0 Å². The zero-order valence-corrected chi connectivity index (χ0v) is 12.5. The molecule has 0 saturated carbocycles. The molecular formula is C15H21NO4. The number of amides is 1. The molecule has 2 N–H and O–H groups in total. The molecule has 1 atom stereocenters. The van der Waals surface area contributed by atoms with Gasteiger partial charge in [-0.2, -0.15) is 0 Å². The first kappa shape index (κ1) is 16.0. The van der Waals surface area contributed by atoms with Crippen LogP contribution in [0.3, 0.4) is 0 Å². The number of hydrogen-bond acceptors (Lipinski definition) is 3. The number of carboxylic acids is 1. The number of carbonyl (C=O) groups is 2. The molecule has 1 aromatic rings. The third-order valence-electron chi connectivity index (χ3n) is 2.64. The number of aryl methyl sites for hydroxylation is 2. The molecule has 5 nitrogen and oxygen atoms in total. The minimum absolute atomic E-state index is 0.550. The number of nitrogens with one attached hydrogen (secondary N) is 1. The lowest BCUT2D eigenvalue weighted by atomic mass is 9.99. The molecule has 0 spiro atoms. The van der Waals surface area contributed by atoms with Crippen LogP contribution in [0.2, 0.25) is 0 Å². The van der Waals surface area contributed by atoms with Crippen molar-refractivity contribution in [3.05, 3.63) is 34.9 Å². The lowest BCUT2D eigenvalue weighted by Gasteiger charge is -2.22. The van der Waals surface area contributed by atoms with E-state index in [4.69, 9.17) is 4.74 Å². The number of alkyl carbamates (subject to hydrolysis) is 1. The van der Waals surface area contributed by atoms with Crippen molar-refractivity contribution < 1.29 is 19.4 Å². The highest BCUT2D eigenvalue weighted by Crippen LogP contribution is 2.20. The molecule has 0 bridgehead atoms. The summed E-state index contributed by atoms with van der Waals surface area (Å²) < 4.78 is 5.09. The second-order valence-electron chi connectivity index (χ2n) is 5.78. The van der Waals surface area contributed by atoms with Gasteiger partial charge in [-0.1, -0.05) is 23.8 Å². The van der Waals surface area contributed by atoms with Crippen molar-refractivity contribution in [2.75, 3.05) is 0 Å². The first-order valence-corrected chi connectivity index (χ1v) is 6.39. The fourth-order valence-electron chi connectivity index (χ4n) is 1.85. The van der Waals surface area contributed by atoms with E-state index in [1.165, 1.54) is 0 Å². The summed E-state index contributed by atoms with van der Waals surface area (Å²) in [5.41, 5.74) is 1.73. The predicted octanol–water partition coefficient (Wildman–Crippen LogP) is 2.95. The molecule has 0 heterocycles. The van der Waals surface area contributed by atoms with E-state index in [0.29, 0.717) is 5.56 Å². The number of benzene rings is 1. The van der Waals surface area contributed by atoms with Crippen molar-refractivity contribution in [3.63, 3.8) is 0 Å². The van der Waals surface area contributed by atoms with Gasteiger partial charge < -0.3 is 15.2 Å². The van der Waals surface area contributed by atoms with Gasteiger partial charge in [0.15, 0.2) is 6.04 Å². The van der Waals surface area contributed by atoms with Crippen molar-refractivity contribution in [2.24, 2.45) is 0 Å². The third-order valence-corrected chi connectivity index (χ3v) is 2.64. The van der Waals surface area contributed by atoms with Gasteiger partial charge in [-0.05, 0) is 45.7 Å². The maximum Gasteiger partial charge on any atom is 0.408 e. The molecule has 0 fully saturated rings. The van der Waals surface area contributed by atoms with Crippen LogP contribution in [0.1, 0.15) is 43.5 Å². The third kappa shape index (κ3) is 4.57. The highest BCUT2D eigenvalue weighted by atomic mass is 16.6.